The molecular weight excluding hydrogens is 297 g/mol. The third-order valence-corrected chi connectivity index (χ3v) is 3.74. The standard InChI is InChI=1S/C17H18FN3O2/c1-12-15(20-17(22)13-3-2-4-14(18)11-13)5-6-16(19-12)21-7-9-23-10-8-21/h2-6,11H,7-10H2,1H3,(H,20,22). The van der Waals surface area contributed by atoms with Crippen molar-refractivity contribution in [1.82, 2.24) is 4.98 Å². The van der Waals surface area contributed by atoms with Gasteiger partial charge in [-0.25, -0.2) is 9.37 Å². The molecule has 0 radical (unpaired) electrons. The van der Waals surface area contributed by atoms with Crippen molar-refractivity contribution in [2.24, 2.45) is 0 Å². The Balaban J connectivity index is 1.74. The summed E-state index contributed by atoms with van der Waals surface area (Å²) in [6, 6.07) is 9.30. The molecule has 2 heterocycles. The highest BCUT2D eigenvalue weighted by Gasteiger charge is 2.14. The number of pyridine rings is 1. The number of hydrogen-bond acceptors (Lipinski definition) is 4. The zero-order chi connectivity index (χ0) is 16.2. The van der Waals surface area contributed by atoms with Crippen LogP contribution < -0.4 is 10.2 Å². The molecule has 1 aromatic heterocycles. The number of ether oxygens (including phenoxy) is 1. The summed E-state index contributed by atoms with van der Waals surface area (Å²) in [5.41, 5.74) is 1.62. The molecule has 1 fully saturated rings. The second-order valence-electron chi connectivity index (χ2n) is 5.37. The third kappa shape index (κ3) is 3.65. The lowest BCUT2D eigenvalue weighted by Crippen LogP contribution is -2.36. The van der Waals surface area contributed by atoms with Crippen LogP contribution in [0.25, 0.3) is 0 Å². The summed E-state index contributed by atoms with van der Waals surface area (Å²) >= 11 is 0. The monoisotopic (exact) mass is 315 g/mol. The molecule has 0 bridgehead atoms. The van der Waals surface area contributed by atoms with Crippen molar-refractivity contribution in [3.8, 4) is 0 Å². The molecule has 0 unspecified atom stereocenters. The maximum Gasteiger partial charge on any atom is 0.255 e. The zero-order valence-corrected chi connectivity index (χ0v) is 12.9. The number of hydrogen-bond donors (Lipinski definition) is 1. The first kappa shape index (κ1) is 15.4. The highest BCUT2D eigenvalue weighted by molar-refractivity contribution is 6.04. The van der Waals surface area contributed by atoms with Gasteiger partial charge in [-0.05, 0) is 37.3 Å². The van der Waals surface area contributed by atoms with Gasteiger partial charge < -0.3 is 15.0 Å². The average molecular weight is 315 g/mol. The third-order valence-electron chi connectivity index (χ3n) is 3.74. The van der Waals surface area contributed by atoms with Crippen molar-refractivity contribution in [2.45, 2.75) is 6.92 Å². The molecule has 0 saturated carbocycles. The fourth-order valence-electron chi connectivity index (χ4n) is 2.47. The van der Waals surface area contributed by atoms with Gasteiger partial charge in [-0.3, -0.25) is 4.79 Å². The van der Waals surface area contributed by atoms with E-state index < -0.39 is 5.82 Å². The number of aryl methyl sites for hydroxylation is 1. The number of aromatic nitrogens is 1. The number of carbonyl (C=O) groups is 1. The fourth-order valence-corrected chi connectivity index (χ4v) is 2.47. The molecule has 1 saturated heterocycles. The van der Waals surface area contributed by atoms with Crippen molar-refractivity contribution in [3.63, 3.8) is 0 Å². The molecule has 0 atom stereocenters. The number of rotatable bonds is 3. The minimum absolute atomic E-state index is 0.279. The first-order chi connectivity index (χ1) is 11.1. The predicted molar refractivity (Wildman–Crippen MR) is 86.4 cm³/mol. The summed E-state index contributed by atoms with van der Waals surface area (Å²) in [4.78, 5) is 18.9. The molecule has 3 rings (SSSR count). The Morgan fingerprint density at radius 3 is 2.74 bits per heavy atom. The van der Waals surface area contributed by atoms with Crippen LogP contribution in [-0.4, -0.2) is 37.2 Å². The number of amides is 1. The molecule has 6 heteroatoms. The van der Waals surface area contributed by atoms with Crippen LogP contribution in [0.3, 0.4) is 0 Å². The van der Waals surface area contributed by atoms with Gasteiger partial charge in [0.25, 0.3) is 5.91 Å². The van der Waals surface area contributed by atoms with E-state index in [4.69, 9.17) is 4.74 Å². The second-order valence-corrected chi connectivity index (χ2v) is 5.37. The molecule has 1 aliphatic heterocycles. The van der Waals surface area contributed by atoms with Gasteiger partial charge in [0, 0.05) is 18.7 Å². The Kier molecular flexibility index (Phi) is 4.52. The van der Waals surface area contributed by atoms with Crippen LogP contribution in [0.4, 0.5) is 15.9 Å². The first-order valence-corrected chi connectivity index (χ1v) is 7.51. The predicted octanol–water partition coefficient (Wildman–Crippen LogP) is 2.62. The lowest BCUT2D eigenvalue weighted by atomic mass is 10.2. The van der Waals surface area contributed by atoms with Gasteiger partial charge in [-0.15, -0.1) is 0 Å². The maximum atomic E-state index is 13.2. The molecule has 120 valence electrons. The SMILES string of the molecule is Cc1nc(N2CCOCC2)ccc1NC(=O)c1cccc(F)c1. The van der Waals surface area contributed by atoms with Gasteiger partial charge in [0.15, 0.2) is 0 Å². The molecule has 0 aliphatic carbocycles. The van der Waals surface area contributed by atoms with Gasteiger partial charge in [0.05, 0.1) is 24.6 Å². The second kappa shape index (κ2) is 6.75. The lowest BCUT2D eigenvalue weighted by Gasteiger charge is -2.28. The topological polar surface area (TPSA) is 54.5 Å². The normalized spacial score (nSPS) is 14.6. The van der Waals surface area contributed by atoms with E-state index in [1.54, 1.807) is 6.07 Å². The van der Waals surface area contributed by atoms with Crippen LogP contribution in [0.1, 0.15) is 16.1 Å². The van der Waals surface area contributed by atoms with Crippen LogP contribution >= 0.6 is 0 Å². The van der Waals surface area contributed by atoms with Gasteiger partial charge >= 0.3 is 0 Å². The summed E-state index contributed by atoms with van der Waals surface area (Å²) in [7, 11) is 0. The van der Waals surface area contributed by atoms with Crippen molar-refractivity contribution in [2.75, 3.05) is 36.5 Å². The van der Waals surface area contributed by atoms with Crippen molar-refractivity contribution in [3.05, 3.63) is 53.5 Å². The minimum atomic E-state index is -0.435. The van der Waals surface area contributed by atoms with Crippen molar-refractivity contribution >= 4 is 17.4 Å². The lowest BCUT2D eigenvalue weighted by molar-refractivity contribution is 0.102. The summed E-state index contributed by atoms with van der Waals surface area (Å²) in [6.07, 6.45) is 0. The van der Waals surface area contributed by atoms with E-state index in [1.807, 2.05) is 19.1 Å². The number of nitrogens with one attached hydrogen (secondary N) is 1. The Labute approximate surface area is 134 Å². The Bertz CT molecular complexity index is 715. The van der Waals surface area contributed by atoms with E-state index in [0.717, 1.165) is 24.6 Å². The minimum Gasteiger partial charge on any atom is -0.378 e. The Morgan fingerprint density at radius 1 is 1.26 bits per heavy atom. The summed E-state index contributed by atoms with van der Waals surface area (Å²) in [5.74, 6) is 0.0817. The first-order valence-electron chi connectivity index (χ1n) is 7.51. The quantitative estimate of drug-likeness (QED) is 0.946. The highest BCUT2D eigenvalue weighted by Crippen LogP contribution is 2.20. The van der Waals surface area contributed by atoms with E-state index in [0.29, 0.717) is 18.9 Å². The Morgan fingerprint density at radius 2 is 2.04 bits per heavy atom. The molecule has 1 amide bonds. The summed E-state index contributed by atoms with van der Waals surface area (Å²) < 4.78 is 18.5. The van der Waals surface area contributed by atoms with Gasteiger partial charge in [-0.1, -0.05) is 6.07 Å². The number of anilines is 2. The smallest absolute Gasteiger partial charge is 0.255 e. The zero-order valence-electron chi connectivity index (χ0n) is 12.9. The number of morpholine rings is 1. The molecule has 2 aromatic rings. The van der Waals surface area contributed by atoms with Crippen LogP contribution in [0, 0.1) is 12.7 Å². The molecule has 0 spiro atoms. The largest absolute Gasteiger partial charge is 0.378 e. The van der Waals surface area contributed by atoms with E-state index in [9.17, 15) is 9.18 Å². The summed E-state index contributed by atoms with van der Waals surface area (Å²) in [5, 5.41) is 2.77. The number of carbonyl (C=O) groups excluding carboxylic acids is 1. The van der Waals surface area contributed by atoms with E-state index >= 15 is 0 Å². The average Bonchev–Trinajstić information content (AvgIpc) is 2.57. The summed E-state index contributed by atoms with van der Waals surface area (Å²) in [6.45, 7) is 4.84. The number of nitrogens with zero attached hydrogens (tertiary/aromatic N) is 2. The molecule has 5 nitrogen and oxygen atoms in total. The molecule has 1 N–H and O–H groups in total. The van der Waals surface area contributed by atoms with E-state index in [1.165, 1.54) is 18.2 Å². The van der Waals surface area contributed by atoms with E-state index in [-0.39, 0.29) is 11.5 Å². The molecule has 1 aromatic carbocycles. The van der Waals surface area contributed by atoms with Gasteiger partial charge in [-0.2, -0.15) is 0 Å². The number of halogens is 1. The molecular formula is C17H18FN3O2. The van der Waals surface area contributed by atoms with Crippen LogP contribution in [0.5, 0.6) is 0 Å². The van der Waals surface area contributed by atoms with Crippen LogP contribution in [0.2, 0.25) is 0 Å². The van der Waals surface area contributed by atoms with Crippen molar-refractivity contribution in [1.29, 1.82) is 0 Å². The van der Waals surface area contributed by atoms with Crippen LogP contribution in [0.15, 0.2) is 36.4 Å². The van der Waals surface area contributed by atoms with Crippen LogP contribution in [-0.2, 0) is 4.74 Å². The Hall–Kier alpha value is -2.47. The van der Waals surface area contributed by atoms with Gasteiger partial charge in [0.1, 0.15) is 11.6 Å². The van der Waals surface area contributed by atoms with Crippen molar-refractivity contribution < 1.29 is 13.9 Å². The highest BCUT2D eigenvalue weighted by atomic mass is 19.1. The number of benzene rings is 1. The maximum absolute atomic E-state index is 13.2. The van der Waals surface area contributed by atoms with E-state index in [2.05, 4.69) is 15.2 Å². The fraction of sp³-hybridized carbons (Fsp3) is 0.294. The van der Waals surface area contributed by atoms with Gasteiger partial charge in [0.2, 0.25) is 0 Å². The molecule has 1 aliphatic rings. The molecule has 23 heavy (non-hydrogen) atoms.